The van der Waals surface area contributed by atoms with Gasteiger partial charge in [0.15, 0.2) is 0 Å². The number of halogens is 1. The van der Waals surface area contributed by atoms with Crippen molar-refractivity contribution < 1.29 is 29.6 Å². The molecule has 0 aromatic heterocycles. The van der Waals surface area contributed by atoms with Gasteiger partial charge >= 0.3 is 0 Å². The monoisotopic (exact) mass is 740 g/mol. The molecular weight excluding hydrogens is 700 g/mol. The highest BCUT2D eigenvalue weighted by molar-refractivity contribution is 6.32. The molecule has 54 heavy (non-hydrogen) atoms. The van der Waals surface area contributed by atoms with Crippen LogP contribution in [0.5, 0.6) is 11.5 Å². The molecule has 0 spiro atoms. The summed E-state index contributed by atoms with van der Waals surface area (Å²) in [5, 5.41) is 36.7. The summed E-state index contributed by atoms with van der Waals surface area (Å²) in [5.74, 6) is -2.42. The average Bonchev–Trinajstić information content (AvgIpc) is 3.45. The highest BCUT2D eigenvalue weighted by atomic mass is 35.5. The predicted octanol–water partition coefficient (Wildman–Crippen LogP) is 8.66. The van der Waals surface area contributed by atoms with Gasteiger partial charge in [-0.3, -0.25) is 14.5 Å². The number of hydrogen-bond donors (Lipinski definition) is 4. The van der Waals surface area contributed by atoms with Gasteiger partial charge in [0.2, 0.25) is 11.8 Å². The van der Waals surface area contributed by atoms with Crippen molar-refractivity contribution in [3.8, 4) is 11.5 Å². The number of nitrogens with zero attached hydrogens (tertiary/aromatic N) is 1. The van der Waals surface area contributed by atoms with Crippen molar-refractivity contribution >= 4 is 52.1 Å². The normalized spacial score (nSPS) is 19.1. The van der Waals surface area contributed by atoms with E-state index in [2.05, 4.69) is 5.32 Å². The molecule has 0 saturated carbocycles. The number of imide groups is 1. The molecule has 0 bridgehead atoms. The number of hydrogen-bond acceptors (Lipinski definition) is 7. The van der Waals surface area contributed by atoms with Gasteiger partial charge in [-0.15, -0.1) is 0 Å². The first kappa shape index (κ1) is 36.7. The van der Waals surface area contributed by atoms with Crippen molar-refractivity contribution in [2.45, 2.75) is 25.4 Å². The third-order valence-electron chi connectivity index (χ3n) is 10.2. The highest BCUT2D eigenvalue weighted by Gasteiger charge is 2.55. The summed E-state index contributed by atoms with van der Waals surface area (Å²) in [7, 11) is 0. The molecule has 1 aliphatic carbocycles. The topological polar surface area (TPSA) is 119 Å². The number of benzene rings is 5. The first-order chi connectivity index (χ1) is 26.3. The van der Waals surface area contributed by atoms with Crippen LogP contribution in [0.1, 0.15) is 30.4 Å². The summed E-state index contributed by atoms with van der Waals surface area (Å²) in [4.78, 5) is 29.6. The maximum atomic E-state index is 14.3. The van der Waals surface area contributed by atoms with Crippen LogP contribution >= 0.6 is 11.6 Å². The molecule has 0 unspecified atom stereocenters. The maximum absolute atomic E-state index is 14.3. The SMILES string of the molecule is O=C1[C@@H]2[C@@H](CC(COc3ccccc3)=C([C@H](O)CC/C(=C/c3ccc(O)cc3Cl)c3ccccc3)[C@@H]2CO)C(=O)N1c1ccc(Nc2ccccc2)cc1. The number of allylic oxidation sites excluding steroid dienone is 1. The lowest BCUT2D eigenvalue weighted by Crippen LogP contribution is -2.40. The van der Waals surface area contributed by atoms with Gasteiger partial charge in [0, 0.05) is 17.3 Å². The lowest BCUT2D eigenvalue weighted by Gasteiger charge is -2.36. The number of aliphatic hydroxyl groups excluding tert-OH is 2. The lowest BCUT2D eigenvalue weighted by atomic mass is 9.68. The van der Waals surface area contributed by atoms with Gasteiger partial charge in [-0.1, -0.05) is 78.3 Å². The van der Waals surface area contributed by atoms with Crippen LogP contribution in [-0.2, 0) is 9.59 Å². The Balaban J connectivity index is 1.18. The molecule has 7 rings (SSSR count). The average molecular weight is 741 g/mol. The Labute approximate surface area is 319 Å². The lowest BCUT2D eigenvalue weighted by molar-refractivity contribution is -0.123. The highest BCUT2D eigenvalue weighted by Crippen LogP contribution is 2.48. The fourth-order valence-electron chi connectivity index (χ4n) is 7.64. The number of ether oxygens (including phenoxy) is 1. The van der Waals surface area contributed by atoms with Crippen LogP contribution in [0.25, 0.3) is 11.6 Å². The molecule has 1 fully saturated rings. The van der Waals surface area contributed by atoms with E-state index in [9.17, 15) is 24.9 Å². The fraction of sp³-hybridized carbons (Fsp3) is 0.200. The Morgan fingerprint density at radius 1 is 0.852 bits per heavy atom. The molecule has 1 heterocycles. The van der Waals surface area contributed by atoms with Gasteiger partial charge in [0.1, 0.15) is 18.1 Å². The molecule has 5 aromatic carbocycles. The Kier molecular flexibility index (Phi) is 11.2. The number of phenolic OH excluding ortho intramolecular Hbond substituents is 1. The second kappa shape index (κ2) is 16.6. The summed E-state index contributed by atoms with van der Waals surface area (Å²) in [5.41, 5.74) is 5.96. The summed E-state index contributed by atoms with van der Waals surface area (Å²) < 4.78 is 6.19. The number of carbonyl (C=O) groups excluding carboxylic acids is 2. The number of anilines is 3. The predicted molar refractivity (Wildman–Crippen MR) is 212 cm³/mol. The minimum atomic E-state index is -1.06. The van der Waals surface area contributed by atoms with Gasteiger partial charge in [-0.2, -0.15) is 0 Å². The summed E-state index contributed by atoms with van der Waals surface area (Å²) in [6.07, 6.45) is 1.78. The largest absolute Gasteiger partial charge is 0.508 e. The van der Waals surface area contributed by atoms with Crippen molar-refractivity contribution in [2.75, 3.05) is 23.4 Å². The Bertz CT molecular complexity index is 2160. The van der Waals surface area contributed by atoms with Crippen LogP contribution < -0.4 is 15.0 Å². The molecule has 5 aromatic rings. The molecule has 2 aliphatic rings. The number of aliphatic hydroxyl groups is 2. The van der Waals surface area contributed by atoms with E-state index in [1.165, 1.54) is 11.0 Å². The van der Waals surface area contributed by atoms with Gasteiger partial charge in [-0.05, 0) is 120 Å². The second-order valence-corrected chi connectivity index (χ2v) is 14.0. The number of aromatic hydroxyl groups is 1. The van der Waals surface area contributed by atoms with Crippen molar-refractivity contribution in [3.63, 3.8) is 0 Å². The van der Waals surface area contributed by atoms with Gasteiger partial charge in [0.25, 0.3) is 0 Å². The van der Waals surface area contributed by atoms with E-state index in [1.807, 2.05) is 109 Å². The van der Waals surface area contributed by atoms with E-state index in [0.29, 0.717) is 39.6 Å². The van der Waals surface area contributed by atoms with Crippen LogP contribution in [0.3, 0.4) is 0 Å². The molecule has 1 aliphatic heterocycles. The van der Waals surface area contributed by atoms with E-state index in [4.69, 9.17) is 16.3 Å². The Hall–Kier alpha value is -5.67. The number of para-hydroxylation sites is 2. The first-order valence-corrected chi connectivity index (χ1v) is 18.4. The number of phenols is 1. The second-order valence-electron chi connectivity index (χ2n) is 13.6. The molecule has 9 heteroatoms. The standard InChI is InChI=1S/C45H41ClN2O6/c46-40-26-36(50)22-16-31(40)24-30(29-10-4-1-5-11-29)17-23-41(51)42-32(28-54-37-14-8-3-9-15-37)25-38-43(39(42)27-49)45(53)48(44(38)52)35-20-18-34(19-21-35)47-33-12-6-2-7-13-33/h1-16,18-22,24,26,38-39,41,43,47,49-51H,17,23,25,27-28H2/b30-24-/t38-,39+,41-,43-/m1/s1. The zero-order valence-electron chi connectivity index (χ0n) is 29.5. The van der Waals surface area contributed by atoms with Crippen LogP contribution in [0.15, 0.2) is 145 Å². The molecular formula is C45H41ClN2O6. The van der Waals surface area contributed by atoms with E-state index in [1.54, 1.807) is 24.3 Å². The molecule has 274 valence electrons. The first-order valence-electron chi connectivity index (χ1n) is 18.0. The van der Waals surface area contributed by atoms with Crippen LogP contribution in [0, 0.1) is 17.8 Å². The number of nitrogens with one attached hydrogen (secondary N) is 1. The van der Waals surface area contributed by atoms with Crippen molar-refractivity contribution in [3.05, 3.63) is 161 Å². The van der Waals surface area contributed by atoms with E-state index < -0.39 is 36.4 Å². The molecule has 1 saturated heterocycles. The smallest absolute Gasteiger partial charge is 0.238 e. The third-order valence-corrected chi connectivity index (χ3v) is 10.6. The quantitative estimate of drug-likeness (QED) is 0.0542. The zero-order valence-corrected chi connectivity index (χ0v) is 30.3. The molecule has 4 N–H and O–H groups in total. The van der Waals surface area contributed by atoms with Gasteiger partial charge in [0.05, 0.1) is 35.3 Å². The Morgan fingerprint density at radius 3 is 2.17 bits per heavy atom. The summed E-state index contributed by atoms with van der Waals surface area (Å²) >= 11 is 6.49. The van der Waals surface area contributed by atoms with E-state index in [-0.39, 0.29) is 31.1 Å². The summed E-state index contributed by atoms with van der Waals surface area (Å²) in [6.45, 7) is -0.346. The minimum Gasteiger partial charge on any atom is -0.508 e. The molecule has 4 atom stereocenters. The van der Waals surface area contributed by atoms with Gasteiger partial charge in [-0.25, -0.2) is 0 Å². The minimum absolute atomic E-state index is 0.0623. The zero-order chi connectivity index (χ0) is 37.6. The third kappa shape index (κ3) is 7.96. The van der Waals surface area contributed by atoms with E-state index >= 15 is 0 Å². The van der Waals surface area contributed by atoms with Crippen molar-refractivity contribution in [1.82, 2.24) is 0 Å². The Morgan fingerprint density at radius 2 is 1.50 bits per heavy atom. The van der Waals surface area contributed by atoms with Crippen LogP contribution in [-0.4, -0.2) is 46.5 Å². The van der Waals surface area contributed by atoms with Crippen LogP contribution in [0.2, 0.25) is 5.02 Å². The van der Waals surface area contributed by atoms with Crippen LogP contribution in [0.4, 0.5) is 17.1 Å². The number of carbonyl (C=O) groups is 2. The number of rotatable bonds is 13. The molecule has 8 nitrogen and oxygen atoms in total. The molecule has 2 amide bonds. The number of amides is 2. The molecule has 0 radical (unpaired) electrons. The number of fused-ring (bicyclic) bond motifs is 1. The fourth-order valence-corrected chi connectivity index (χ4v) is 7.87. The van der Waals surface area contributed by atoms with Gasteiger partial charge < -0.3 is 25.4 Å². The van der Waals surface area contributed by atoms with Crippen molar-refractivity contribution in [1.29, 1.82) is 0 Å². The maximum Gasteiger partial charge on any atom is 0.238 e. The summed E-state index contributed by atoms with van der Waals surface area (Å²) in [6, 6.07) is 40.7. The van der Waals surface area contributed by atoms with Crippen molar-refractivity contribution in [2.24, 2.45) is 17.8 Å². The van der Waals surface area contributed by atoms with E-state index in [0.717, 1.165) is 22.5 Å².